The normalized spacial score (nSPS) is 23.2. The molecule has 3 rings (SSSR count). The molecule has 2 aliphatic rings. The minimum atomic E-state index is -0.320. The lowest BCUT2D eigenvalue weighted by Crippen LogP contribution is -2.47. The van der Waals surface area contributed by atoms with Crippen LogP contribution in [0, 0.1) is 11.8 Å². The van der Waals surface area contributed by atoms with Gasteiger partial charge in [-0.05, 0) is 42.7 Å². The summed E-state index contributed by atoms with van der Waals surface area (Å²) in [6.45, 7) is 4.51. The van der Waals surface area contributed by atoms with Crippen LogP contribution in [0.5, 0.6) is 0 Å². The SMILES string of the molecule is CC[C@H]1CN2CCC(=O)N(CCCCCCCBr)c3ccccc3[C@H]2C[C@@H]1/C(=C\OC)C(=O)OC. The van der Waals surface area contributed by atoms with Crippen molar-refractivity contribution in [1.29, 1.82) is 0 Å². The Balaban J connectivity index is 1.88. The Labute approximate surface area is 219 Å². The van der Waals surface area contributed by atoms with Gasteiger partial charge in [-0.2, -0.15) is 0 Å². The van der Waals surface area contributed by atoms with E-state index in [1.165, 1.54) is 31.9 Å². The first kappa shape index (κ1) is 27.7. The van der Waals surface area contributed by atoms with Crippen LogP contribution in [0.25, 0.3) is 0 Å². The number of anilines is 1. The maximum Gasteiger partial charge on any atom is 0.337 e. The average molecular weight is 550 g/mol. The van der Waals surface area contributed by atoms with Crippen molar-refractivity contribution in [2.45, 2.75) is 64.3 Å². The van der Waals surface area contributed by atoms with Crippen molar-refractivity contribution in [1.82, 2.24) is 4.90 Å². The van der Waals surface area contributed by atoms with Gasteiger partial charge < -0.3 is 14.4 Å². The van der Waals surface area contributed by atoms with Gasteiger partial charge in [-0.1, -0.05) is 66.7 Å². The number of alkyl halides is 1. The average Bonchev–Trinajstić information content (AvgIpc) is 2.88. The third-order valence-corrected chi connectivity index (χ3v) is 8.12. The molecule has 7 heteroatoms. The Kier molecular flexibility index (Phi) is 11.1. The van der Waals surface area contributed by atoms with E-state index in [9.17, 15) is 9.59 Å². The number of amides is 1. The molecule has 0 saturated carbocycles. The van der Waals surface area contributed by atoms with Gasteiger partial charge in [-0.15, -0.1) is 0 Å². The molecule has 3 atom stereocenters. The van der Waals surface area contributed by atoms with Crippen molar-refractivity contribution in [3.05, 3.63) is 41.7 Å². The fraction of sp³-hybridized carbons (Fsp3) is 0.643. The predicted molar refractivity (Wildman–Crippen MR) is 144 cm³/mol. The van der Waals surface area contributed by atoms with E-state index in [0.717, 1.165) is 56.3 Å². The summed E-state index contributed by atoms with van der Waals surface area (Å²) in [6.07, 6.45) is 9.62. The Bertz CT molecular complexity index is 874. The standard InChI is InChI=1S/C28H41BrN2O4/c1-4-21-19-30-17-14-27(32)31(16-11-7-5-6-10-15-29)25-13-9-8-12-22(25)26(30)18-23(21)24(20-34-2)28(33)35-3/h8-9,12-13,20-21,23,26H,4-7,10-11,14-19H2,1-3H3/b24-20+/t21-,23-,26+/m0/s1. The molecule has 0 unspecified atom stereocenters. The zero-order chi connectivity index (χ0) is 25.2. The number of carbonyl (C=O) groups excluding carboxylic acids is 2. The quantitative estimate of drug-likeness (QED) is 0.114. The van der Waals surface area contributed by atoms with Gasteiger partial charge in [0.1, 0.15) is 0 Å². The molecular weight excluding hydrogens is 508 g/mol. The minimum absolute atomic E-state index is 0.0414. The molecule has 0 aromatic heterocycles. The Morgan fingerprint density at radius 1 is 1.14 bits per heavy atom. The highest BCUT2D eigenvalue weighted by Gasteiger charge is 2.41. The molecule has 0 spiro atoms. The molecule has 0 radical (unpaired) electrons. The number of fused-ring (bicyclic) bond motifs is 3. The van der Waals surface area contributed by atoms with Crippen LogP contribution in [0.4, 0.5) is 5.69 Å². The van der Waals surface area contributed by atoms with Crippen LogP contribution in [-0.2, 0) is 19.1 Å². The molecule has 1 saturated heterocycles. The van der Waals surface area contributed by atoms with Gasteiger partial charge in [-0.3, -0.25) is 9.69 Å². The van der Waals surface area contributed by atoms with E-state index in [1.807, 2.05) is 11.0 Å². The van der Waals surface area contributed by atoms with Crippen molar-refractivity contribution in [2.24, 2.45) is 11.8 Å². The highest BCUT2D eigenvalue weighted by molar-refractivity contribution is 9.09. The molecule has 2 aliphatic heterocycles. The van der Waals surface area contributed by atoms with E-state index >= 15 is 0 Å². The summed E-state index contributed by atoms with van der Waals surface area (Å²) in [5.74, 6) is 0.226. The fourth-order valence-corrected chi connectivity index (χ4v) is 6.09. The first-order valence-corrected chi connectivity index (χ1v) is 14.2. The van der Waals surface area contributed by atoms with Gasteiger partial charge in [0, 0.05) is 43.1 Å². The molecule has 194 valence electrons. The molecule has 0 aliphatic carbocycles. The minimum Gasteiger partial charge on any atom is -0.504 e. The first-order chi connectivity index (χ1) is 17.0. The zero-order valence-corrected chi connectivity index (χ0v) is 23.1. The van der Waals surface area contributed by atoms with Gasteiger partial charge in [0.05, 0.1) is 26.1 Å². The summed E-state index contributed by atoms with van der Waals surface area (Å²) in [6, 6.07) is 8.48. The van der Waals surface area contributed by atoms with Gasteiger partial charge >= 0.3 is 5.97 Å². The number of ether oxygens (including phenoxy) is 2. The number of para-hydroxylation sites is 1. The van der Waals surface area contributed by atoms with E-state index in [-0.39, 0.29) is 23.8 Å². The lowest BCUT2D eigenvalue weighted by Gasteiger charge is -2.46. The van der Waals surface area contributed by atoms with Gasteiger partial charge in [-0.25, -0.2) is 4.79 Å². The Hall–Kier alpha value is -1.86. The van der Waals surface area contributed by atoms with Gasteiger partial charge in [0.15, 0.2) is 0 Å². The van der Waals surface area contributed by atoms with E-state index in [1.54, 1.807) is 13.4 Å². The van der Waals surface area contributed by atoms with Crippen molar-refractivity contribution >= 4 is 33.5 Å². The van der Waals surface area contributed by atoms with Crippen LogP contribution in [0.2, 0.25) is 0 Å². The first-order valence-electron chi connectivity index (χ1n) is 13.1. The summed E-state index contributed by atoms with van der Waals surface area (Å²) in [4.78, 5) is 30.5. The molecule has 2 heterocycles. The number of halogens is 1. The number of carbonyl (C=O) groups is 2. The topological polar surface area (TPSA) is 59.1 Å². The maximum absolute atomic E-state index is 13.3. The molecule has 1 amide bonds. The van der Waals surface area contributed by atoms with Crippen molar-refractivity contribution in [3.8, 4) is 0 Å². The highest BCUT2D eigenvalue weighted by atomic mass is 79.9. The van der Waals surface area contributed by atoms with Gasteiger partial charge in [0.25, 0.3) is 0 Å². The number of piperidine rings is 1. The Morgan fingerprint density at radius 3 is 2.60 bits per heavy atom. The van der Waals surface area contributed by atoms with E-state index in [2.05, 4.69) is 46.0 Å². The summed E-state index contributed by atoms with van der Waals surface area (Å²) in [5.41, 5.74) is 2.81. The molecule has 1 aromatic rings. The number of esters is 1. The lowest BCUT2D eigenvalue weighted by molar-refractivity contribution is -0.137. The summed E-state index contributed by atoms with van der Waals surface area (Å²) in [7, 11) is 3.00. The zero-order valence-electron chi connectivity index (χ0n) is 21.5. The number of methoxy groups -OCH3 is 2. The lowest BCUT2D eigenvalue weighted by atomic mass is 9.74. The number of hydrogen-bond acceptors (Lipinski definition) is 5. The fourth-order valence-electron chi connectivity index (χ4n) is 5.70. The van der Waals surface area contributed by atoms with E-state index in [0.29, 0.717) is 17.9 Å². The smallest absolute Gasteiger partial charge is 0.337 e. The van der Waals surface area contributed by atoms with Crippen LogP contribution in [0.1, 0.15) is 69.9 Å². The number of rotatable bonds is 11. The molecule has 35 heavy (non-hydrogen) atoms. The van der Waals surface area contributed by atoms with Gasteiger partial charge in [0.2, 0.25) is 5.91 Å². The number of unbranched alkanes of at least 4 members (excludes halogenated alkanes) is 4. The second kappa shape index (κ2) is 14.0. The second-order valence-corrected chi connectivity index (χ2v) is 10.4. The molecule has 0 bridgehead atoms. The molecule has 1 aromatic carbocycles. The number of hydrogen-bond donors (Lipinski definition) is 0. The van der Waals surface area contributed by atoms with Crippen molar-refractivity contribution in [2.75, 3.05) is 44.1 Å². The second-order valence-electron chi connectivity index (χ2n) is 9.63. The molecular formula is C28H41BrN2O4. The molecule has 0 N–H and O–H groups in total. The monoisotopic (exact) mass is 548 g/mol. The van der Waals surface area contributed by atoms with E-state index < -0.39 is 0 Å². The van der Waals surface area contributed by atoms with Crippen molar-refractivity contribution in [3.63, 3.8) is 0 Å². The Morgan fingerprint density at radius 2 is 1.89 bits per heavy atom. The molecule has 1 fully saturated rings. The summed E-state index contributed by atoms with van der Waals surface area (Å²) >= 11 is 3.50. The van der Waals surface area contributed by atoms with Crippen LogP contribution < -0.4 is 4.90 Å². The summed E-state index contributed by atoms with van der Waals surface area (Å²) < 4.78 is 10.4. The number of nitrogens with zero attached hydrogens (tertiary/aromatic N) is 2. The third-order valence-electron chi connectivity index (χ3n) is 7.56. The van der Waals surface area contributed by atoms with Crippen LogP contribution in [0.3, 0.4) is 0 Å². The molecule has 6 nitrogen and oxygen atoms in total. The van der Waals surface area contributed by atoms with Crippen LogP contribution >= 0.6 is 15.9 Å². The van der Waals surface area contributed by atoms with Crippen LogP contribution in [0.15, 0.2) is 36.1 Å². The highest BCUT2D eigenvalue weighted by Crippen LogP contribution is 2.45. The third kappa shape index (κ3) is 6.88. The maximum atomic E-state index is 13.3. The summed E-state index contributed by atoms with van der Waals surface area (Å²) in [5, 5.41) is 1.06. The largest absolute Gasteiger partial charge is 0.504 e. The van der Waals surface area contributed by atoms with Crippen LogP contribution in [-0.4, -0.2) is 56.0 Å². The number of benzene rings is 1. The van der Waals surface area contributed by atoms with E-state index in [4.69, 9.17) is 9.47 Å². The predicted octanol–water partition coefficient (Wildman–Crippen LogP) is 5.86. The van der Waals surface area contributed by atoms with Crippen molar-refractivity contribution < 1.29 is 19.1 Å².